The van der Waals surface area contributed by atoms with Gasteiger partial charge in [0.15, 0.2) is 11.5 Å². The van der Waals surface area contributed by atoms with Crippen LogP contribution in [0.25, 0.3) is 0 Å². The van der Waals surface area contributed by atoms with E-state index >= 15 is 0 Å². The van der Waals surface area contributed by atoms with Crippen molar-refractivity contribution in [2.45, 2.75) is 6.92 Å². The van der Waals surface area contributed by atoms with E-state index in [1.807, 2.05) is 19.1 Å². The summed E-state index contributed by atoms with van der Waals surface area (Å²) in [5, 5.41) is 11.6. The third-order valence-electron chi connectivity index (χ3n) is 1.53. The lowest BCUT2D eigenvalue weighted by Gasteiger charge is -2.00. The van der Waals surface area contributed by atoms with Crippen molar-refractivity contribution < 1.29 is 9.90 Å². The van der Waals surface area contributed by atoms with Gasteiger partial charge in [0.25, 0.3) is 0 Å². The van der Waals surface area contributed by atoms with Crippen LogP contribution in [0.5, 0.6) is 0 Å². The zero-order valence-corrected chi connectivity index (χ0v) is 8.90. The maximum atomic E-state index is 10.6. The molecule has 0 radical (unpaired) electrons. The van der Waals surface area contributed by atoms with Crippen molar-refractivity contribution in [3.63, 3.8) is 0 Å². The highest BCUT2D eigenvalue weighted by Crippen LogP contribution is 1.80. The van der Waals surface area contributed by atoms with Crippen molar-refractivity contribution in [3.05, 3.63) is 12.2 Å². The van der Waals surface area contributed by atoms with Gasteiger partial charge in [-0.25, -0.2) is 4.79 Å². The first-order chi connectivity index (χ1) is 7.13. The number of carboxylic acid groups (broad SMARTS) is 1. The Bertz CT molecular complexity index is 294. The molecule has 0 aromatic rings. The fourth-order valence-corrected chi connectivity index (χ4v) is 0.801. The van der Waals surface area contributed by atoms with E-state index < -0.39 is 5.97 Å². The first-order valence-electron chi connectivity index (χ1n) is 4.45. The Balaban J connectivity index is 4.13. The number of aliphatic carboxylic acids is 1. The highest BCUT2D eigenvalue weighted by molar-refractivity contribution is 6.64. The number of carboxylic acids is 1. The van der Waals surface area contributed by atoms with Crippen LogP contribution in [0.3, 0.4) is 0 Å². The summed E-state index contributed by atoms with van der Waals surface area (Å²) in [6.07, 6.45) is 3.81. The van der Waals surface area contributed by atoms with E-state index in [4.69, 9.17) is 10.8 Å². The summed E-state index contributed by atoms with van der Waals surface area (Å²) in [5.41, 5.74) is 5.20. The van der Waals surface area contributed by atoms with Gasteiger partial charge in [-0.05, 0) is 6.92 Å². The minimum atomic E-state index is -1.17. The SMILES string of the molecule is C/C=C\CNCN=C(N)C(=NC)C(=O)O. The zero-order valence-electron chi connectivity index (χ0n) is 8.90. The molecule has 4 N–H and O–H groups in total. The molecule has 0 rings (SSSR count). The van der Waals surface area contributed by atoms with Crippen LogP contribution in [0.4, 0.5) is 0 Å². The van der Waals surface area contributed by atoms with Crippen molar-refractivity contribution in [2.24, 2.45) is 15.7 Å². The number of hydrogen-bond acceptors (Lipinski definition) is 4. The molecule has 0 aromatic heterocycles. The summed E-state index contributed by atoms with van der Waals surface area (Å²) in [6, 6.07) is 0. The third-order valence-corrected chi connectivity index (χ3v) is 1.53. The van der Waals surface area contributed by atoms with Crippen LogP contribution >= 0.6 is 0 Å². The predicted octanol–water partition coefficient (Wildman–Crippen LogP) is -0.378. The van der Waals surface area contributed by atoms with Gasteiger partial charge >= 0.3 is 5.97 Å². The van der Waals surface area contributed by atoms with Crippen LogP contribution in [-0.4, -0.2) is 42.9 Å². The number of carbonyl (C=O) groups is 1. The molecule has 0 aliphatic carbocycles. The molecular weight excluding hydrogens is 196 g/mol. The average Bonchev–Trinajstić information content (AvgIpc) is 2.18. The standard InChI is InChI=1S/C9H16N4O2/c1-3-4-5-12-6-13-8(10)7(11-2)9(14)15/h3-4,12H,5-6H2,1-2H3,(H2,10,13)(H,14,15)/b4-3-,11-7?. The maximum absolute atomic E-state index is 10.6. The highest BCUT2D eigenvalue weighted by atomic mass is 16.4. The van der Waals surface area contributed by atoms with Crippen LogP contribution in [0.15, 0.2) is 22.1 Å². The third kappa shape index (κ3) is 5.58. The van der Waals surface area contributed by atoms with Gasteiger partial charge in [-0.2, -0.15) is 0 Å². The molecule has 0 heterocycles. The van der Waals surface area contributed by atoms with Crippen molar-refractivity contribution in [3.8, 4) is 0 Å². The summed E-state index contributed by atoms with van der Waals surface area (Å²) < 4.78 is 0. The molecular formula is C9H16N4O2. The quantitative estimate of drug-likeness (QED) is 0.242. The van der Waals surface area contributed by atoms with Crippen molar-refractivity contribution >= 4 is 17.5 Å². The molecule has 0 aliphatic heterocycles. The minimum absolute atomic E-state index is 0.0713. The number of nitrogens with one attached hydrogen (secondary N) is 1. The van der Waals surface area contributed by atoms with Gasteiger partial charge in [0.1, 0.15) is 0 Å². The molecule has 84 valence electrons. The molecule has 0 saturated heterocycles. The van der Waals surface area contributed by atoms with Crippen molar-refractivity contribution in [2.75, 3.05) is 20.3 Å². The Morgan fingerprint density at radius 3 is 2.73 bits per heavy atom. The van der Waals surface area contributed by atoms with E-state index in [2.05, 4.69) is 15.3 Å². The molecule has 0 fully saturated rings. The van der Waals surface area contributed by atoms with Gasteiger partial charge in [0.05, 0.1) is 6.67 Å². The lowest BCUT2D eigenvalue weighted by atomic mass is 10.3. The topological polar surface area (TPSA) is 100 Å². The Labute approximate surface area is 88.6 Å². The van der Waals surface area contributed by atoms with Crippen LogP contribution in [0, 0.1) is 0 Å². The van der Waals surface area contributed by atoms with Gasteiger partial charge in [-0.1, -0.05) is 12.2 Å². The summed E-state index contributed by atoms with van der Waals surface area (Å²) in [7, 11) is 1.36. The van der Waals surface area contributed by atoms with Crippen molar-refractivity contribution in [1.29, 1.82) is 0 Å². The summed E-state index contributed by atoms with van der Waals surface area (Å²) >= 11 is 0. The maximum Gasteiger partial charge on any atom is 0.357 e. The molecule has 0 unspecified atom stereocenters. The summed E-state index contributed by atoms with van der Waals surface area (Å²) in [4.78, 5) is 17.9. The van der Waals surface area contributed by atoms with Gasteiger partial charge in [0.2, 0.25) is 0 Å². The fraction of sp³-hybridized carbons (Fsp3) is 0.444. The van der Waals surface area contributed by atoms with E-state index in [-0.39, 0.29) is 18.2 Å². The van der Waals surface area contributed by atoms with Crippen LogP contribution in [0.1, 0.15) is 6.92 Å². The number of aliphatic imine (C=N–C) groups is 2. The number of amidine groups is 1. The molecule has 0 amide bonds. The van der Waals surface area contributed by atoms with Gasteiger partial charge in [-0.3, -0.25) is 15.3 Å². The minimum Gasteiger partial charge on any atom is -0.476 e. The summed E-state index contributed by atoms with van der Waals surface area (Å²) in [5.74, 6) is -1.25. The van der Waals surface area contributed by atoms with Crippen LogP contribution in [0.2, 0.25) is 0 Å². The largest absolute Gasteiger partial charge is 0.476 e. The van der Waals surface area contributed by atoms with E-state index in [9.17, 15) is 4.79 Å². The van der Waals surface area contributed by atoms with E-state index in [0.29, 0.717) is 6.54 Å². The van der Waals surface area contributed by atoms with E-state index in [1.165, 1.54) is 7.05 Å². The Morgan fingerprint density at radius 1 is 1.60 bits per heavy atom. The second-order valence-electron chi connectivity index (χ2n) is 2.60. The number of allylic oxidation sites excluding steroid dienone is 1. The Kier molecular flexibility index (Phi) is 6.82. The molecule has 0 aromatic carbocycles. The second kappa shape index (κ2) is 7.69. The number of rotatable bonds is 6. The van der Waals surface area contributed by atoms with E-state index in [1.54, 1.807) is 0 Å². The van der Waals surface area contributed by atoms with Gasteiger partial charge in [-0.15, -0.1) is 0 Å². The smallest absolute Gasteiger partial charge is 0.357 e. The Hall–Kier alpha value is -1.69. The second-order valence-corrected chi connectivity index (χ2v) is 2.60. The molecule has 0 saturated carbocycles. The van der Waals surface area contributed by atoms with Gasteiger partial charge < -0.3 is 10.8 Å². The number of nitrogens with zero attached hydrogens (tertiary/aromatic N) is 2. The fourth-order valence-electron chi connectivity index (χ4n) is 0.801. The molecule has 0 spiro atoms. The molecule has 0 bridgehead atoms. The summed E-state index contributed by atoms with van der Waals surface area (Å²) in [6.45, 7) is 2.84. The average molecular weight is 212 g/mol. The lowest BCUT2D eigenvalue weighted by Crippen LogP contribution is -2.32. The molecule has 6 heteroatoms. The first kappa shape index (κ1) is 13.3. The Morgan fingerprint density at radius 2 is 2.27 bits per heavy atom. The lowest BCUT2D eigenvalue weighted by molar-refractivity contribution is -0.129. The predicted molar refractivity (Wildman–Crippen MR) is 60.3 cm³/mol. The first-order valence-corrected chi connectivity index (χ1v) is 4.45. The van der Waals surface area contributed by atoms with Gasteiger partial charge in [0, 0.05) is 13.6 Å². The highest BCUT2D eigenvalue weighted by Gasteiger charge is 2.11. The molecule has 0 aliphatic rings. The molecule has 15 heavy (non-hydrogen) atoms. The molecule has 0 atom stereocenters. The van der Waals surface area contributed by atoms with E-state index in [0.717, 1.165) is 0 Å². The normalized spacial score (nSPS) is 13.5. The molecule has 6 nitrogen and oxygen atoms in total. The van der Waals surface area contributed by atoms with Crippen LogP contribution in [-0.2, 0) is 4.79 Å². The monoisotopic (exact) mass is 212 g/mol. The number of nitrogens with two attached hydrogens (primary N) is 1. The van der Waals surface area contributed by atoms with Crippen LogP contribution < -0.4 is 11.1 Å². The number of hydrogen-bond donors (Lipinski definition) is 3. The van der Waals surface area contributed by atoms with Crippen molar-refractivity contribution in [1.82, 2.24) is 5.32 Å². The zero-order chi connectivity index (χ0) is 11.7.